The molecule has 21 heavy (non-hydrogen) atoms. The highest BCUT2D eigenvalue weighted by atomic mass is 79.9. The summed E-state index contributed by atoms with van der Waals surface area (Å²) in [5.41, 5.74) is -0.413. The molecule has 1 aromatic rings. The van der Waals surface area contributed by atoms with E-state index >= 15 is 0 Å². The van der Waals surface area contributed by atoms with Crippen LogP contribution in [0, 0.1) is 11.2 Å². The number of pyridine rings is 1. The molecule has 0 aromatic carbocycles. The summed E-state index contributed by atoms with van der Waals surface area (Å²) in [6.07, 6.45) is 3.42. The first kappa shape index (κ1) is 16.2. The van der Waals surface area contributed by atoms with E-state index in [0.717, 1.165) is 19.4 Å². The minimum atomic E-state index is -0.413. The SMILES string of the molecule is CC(C)(C)C(=O)NC1CCCN(c2ncc(Br)cc2F)C1. The molecule has 1 aliphatic heterocycles. The van der Waals surface area contributed by atoms with E-state index in [0.29, 0.717) is 16.8 Å². The van der Waals surface area contributed by atoms with Gasteiger partial charge in [0.2, 0.25) is 5.91 Å². The third-order valence-electron chi connectivity index (χ3n) is 3.53. The molecule has 0 radical (unpaired) electrons. The number of carbonyl (C=O) groups excluding carboxylic acids is 1. The van der Waals surface area contributed by atoms with Crippen molar-refractivity contribution in [2.75, 3.05) is 18.0 Å². The Kier molecular flexibility index (Phi) is 4.86. The predicted octanol–water partition coefficient (Wildman–Crippen LogP) is 3.11. The normalized spacial score (nSPS) is 19.5. The van der Waals surface area contributed by atoms with Gasteiger partial charge in [-0.05, 0) is 34.8 Å². The van der Waals surface area contributed by atoms with Gasteiger partial charge in [0.1, 0.15) is 0 Å². The Morgan fingerprint density at radius 3 is 2.86 bits per heavy atom. The first-order valence-corrected chi connectivity index (χ1v) is 7.93. The molecular weight excluding hydrogens is 337 g/mol. The molecule has 0 spiro atoms. The quantitative estimate of drug-likeness (QED) is 0.884. The highest BCUT2D eigenvalue weighted by Gasteiger charge is 2.28. The number of aromatic nitrogens is 1. The molecule has 2 rings (SSSR count). The summed E-state index contributed by atoms with van der Waals surface area (Å²) in [6.45, 7) is 7.01. The Morgan fingerprint density at radius 2 is 2.24 bits per heavy atom. The van der Waals surface area contributed by atoms with Crippen molar-refractivity contribution in [1.82, 2.24) is 10.3 Å². The van der Waals surface area contributed by atoms with Gasteiger partial charge in [-0.15, -0.1) is 0 Å². The van der Waals surface area contributed by atoms with Crippen molar-refractivity contribution in [1.29, 1.82) is 0 Å². The van der Waals surface area contributed by atoms with Crippen LogP contribution in [0.4, 0.5) is 10.2 Å². The van der Waals surface area contributed by atoms with Gasteiger partial charge in [0.05, 0.1) is 0 Å². The molecular formula is C15H21BrFN3O. The Balaban J connectivity index is 2.05. The molecule has 1 aromatic heterocycles. The molecule has 1 amide bonds. The van der Waals surface area contributed by atoms with Crippen LogP contribution in [0.2, 0.25) is 0 Å². The third-order valence-corrected chi connectivity index (χ3v) is 3.96. The second-order valence-electron chi connectivity index (χ2n) is 6.47. The summed E-state index contributed by atoms with van der Waals surface area (Å²) >= 11 is 3.21. The fraction of sp³-hybridized carbons (Fsp3) is 0.600. The summed E-state index contributed by atoms with van der Waals surface area (Å²) in [4.78, 5) is 18.1. The van der Waals surface area contributed by atoms with Gasteiger partial charge in [0, 0.05) is 35.2 Å². The van der Waals surface area contributed by atoms with Crippen LogP contribution in [0.25, 0.3) is 0 Å². The summed E-state index contributed by atoms with van der Waals surface area (Å²) in [6, 6.07) is 1.45. The molecule has 1 aliphatic rings. The molecule has 0 saturated carbocycles. The molecule has 1 saturated heterocycles. The lowest BCUT2D eigenvalue weighted by atomic mass is 9.94. The van der Waals surface area contributed by atoms with Crippen LogP contribution in [0.5, 0.6) is 0 Å². The number of nitrogens with one attached hydrogen (secondary N) is 1. The zero-order chi connectivity index (χ0) is 15.6. The number of nitrogens with zero attached hydrogens (tertiary/aromatic N) is 2. The number of carbonyl (C=O) groups is 1. The highest BCUT2D eigenvalue weighted by molar-refractivity contribution is 9.10. The summed E-state index contributed by atoms with van der Waals surface area (Å²) < 4.78 is 14.6. The number of piperidine rings is 1. The number of halogens is 2. The first-order chi connectivity index (χ1) is 9.77. The zero-order valence-electron chi connectivity index (χ0n) is 12.6. The summed E-state index contributed by atoms with van der Waals surface area (Å²) in [7, 11) is 0. The molecule has 0 aliphatic carbocycles. The standard InChI is InChI=1S/C15H21BrFN3O/c1-15(2,3)14(21)19-11-5-4-6-20(9-11)13-12(17)7-10(16)8-18-13/h7-8,11H,4-6,9H2,1-3H3,(H,19,21). The van der Waals surface area contributed by atoms with Crippen LogP contribution < -0.4 is 10.2 Å². The number of hydrogen-bond acceptors (Lipinski definition) is 3. The fourth-order valence-electron chi connectivity index (χ4n) is 2.33. The Morgan fingerprint density at radius 1 is 1.52 bits per heavy atom. The van der Waals surface area contributed by atoms with E-state index in [2.05, 4.69) is 26.2 Å². The number of rotatable bonds is 2. The fourth-order valence-corrected chi connectivity index (χ4v) is 2.63. The van der Waals surface area contributed by atoms with Crippen LogP contribution in [0.3, 0.4) is 0 Å². The molecule has 4 nitrogen and oxygen atoms in total. The number of amides is 1. The number of anilines is 1. The van der Waals surface area contributed by atoms with Gasteiger partial charge in [-0.2, -0.15) is 0 Å². The molecule has 116 valence electrons. The van der Waals surface area contributed by atoms with Crippen molar-refractivity contribution >= 4 is 27.7 Å². The molecule has 1 unspecified atom stereocenters. The lowest BCUT2D eigenvalue weighted by Gasteiger charge is -2.35. The van der Waals surface area contributed by atoms with Crippen LogP contribution >= 0.6 is 15.9 Å². The van der Waals surface area contributed by atoms with E-state index in [1.165, 1.54) is 6.07 Å². The molecule has 1 atom stereocenters. The predicted molar refractivity (Wildman–Crippen MR) is 84.7 cm³/mol. The van der Waals surface area contributed by atoms with Crippen molar-refractivity contribution in [2.45, 2.75) is 39.7 Å². The van der Waals surface area contributed by atoms with E-state index < -0.39 is 5.41 Å². The lowest BCUT2D eigenvalue weighted by Crippen LogP contribution is -2.50. The average Bonchev–Trinajstić information content (AvgIpc) is 2.37. The van der Waals surface area contributed by atoms with Crippen molar-refractivity contribution < 1.29 is 9.18 Å². The van der Waals surface area contributed by atoms with Crippen molar-refractivity contribution in [3.05, 3.63) is 22.6 Å². The van der Waals surface area contributed by atoms with Gasteiger partial charge in [0.15, 0.2) is 11.6 Å². The van der Waals surface area contributed by atoms with Crippen molar-refractivity contribution in [3.8, 4) is 0 Å². The zero-order valence-corrected chi connectivity index (χ0v) is 14.2. The van der Waals surface area contributed by atoms with E-state index in [4.69, 9.17) is 0 Å². The minimum Gasteiger partial charge on any atom is -0.352 e. The summed E-state index contributed by atoms with van der Waals surface area (Å²) in [5, 5.41) is 3.05. The highest BCUT2D eigenvalue weighted by Crippen LogP contribution is 2.24. The van der Waals surface area contributed by atoms with E-state index in [-0.39, 0.29) is 17.8 Å². The van der Waals surface area contributed by atoms with Crippen LogP contribution in [0.1, 0.15) is 33.6 Å². The second kappa shape index (κ2) is 6.30. The van der Waals surface area contributed by atoms with Gasteiger partial charge in [-0.1, -0.05) is 20.8 Å². The van der Waals surface area contributed by atoms with Crippen LogP contribution in [0.15, 0.2) is 16.7 Å². The third kappa shape index (κ3) is 4.15. The minimum absolute atomic E-state index is 0.0265. The van der Waals surface area contributed by atoms with Gasteiger partial charge in [-0.3, -0.25) is 4.79 Å². The van der Waals surface area contributed by atoms with Gasteiger partial charge >= 0.3 is 0 Å². The maximum Gasteiger partial charge on any atom is 0.225 e. The lowest BCUT2D eigenvalue weighted by molar-refractivity contribution is -0.129. The summed E-state index contributed by atoms with van der Waals surface area (Å²) in [5.74, 6) is 0.0404. The van der Waals surface area contributed by atoms with Crippen molar-refractivity contribution in [2.24, 2.45) is 5.41 Å². The van der Waals surface area contributed by atoms with Gasteiger partial charge in [0.25, 0.3) is 0 Å². The molecule has 0 bridgehead atoms. The van der Waals surface area contributed by atoms with Crippen LogP contribution in [-0.2, 0) is 4.79 Å². The van der Waals surface area contributed by atoms with E-state index in [9.17, 15) is 9.18 Å². The molecule has 6 heteroatoms. The Hall–Kier alpha value is -1.17. The monoisotopic (exact) mass is 357 g/mol. The smallest absolute Gasteiger partial charge is 0.225 e. The van der Waals surface area contributed by atoms with Crippen molar-refractivity contribution in [3.63, 3.8) is 0 Å². The first-order valence-electron chi connectivity index (χ1n) is 7.14. The van der Waals surface area contributed by atoms with Crippen LogP contribution in [-0.4, -0.2) is 30.0 Å². The second-order valence-corrected chi connectivity index (χ2v) is 7.38. The topological polar surface area (TPSA) is 45.2 Å². The largest absolute Gasteiger partial charge is 0.352 e. The molecule has 1 fully saturated rings. The maximum atomic E-state index is 14.0. The van der Waals surface area contributed by atoms with E-state index in [1.54, 1.807) is 6.20 Å². The Bertz CT molecular complexity index is 530. The van der Waals surface area contributed by atoms with Gasteiger partial charge < -0.3 is 10.2 Å². The average molecular weight is 358 g/mol. The van der Waals surface area contributed by atoms with E-state index in [1.807, 2.05) is 25.7 Å². The molecule has 2 heterocycles. The maximum absolute atomic E-state index is 14.0. The number of hydrogen-bond donors (Lipinski definition) is 1. The van der Waals surface area contributed by atoms with Gasteiger partial charge in [-0.25, -0.2) is 9.37 Å². The molecule has 1 N–H and O–H groups in total. The Labute approximate surface area is 133 Å².